The van der Waals surface area contributed by atoms with E-state index in [0.717, 1.165) is 0 Å². The zero-order chi connectivity index (χ0) is 25.7. The number of benzene rings is 1. The van der Waals surface area contributed by atoms with E-state index in [1.54, 1.807) is 23.9 Å². The van der Waals surface area contributed by atoms with Gasteiger partial charge in [-0.1, -0.05) is 12.1 Å². The maximum atomic E-state index is 12.9. The van der Waals surface area contributed by atoms with Gasteiger partial charge in [-0.05, 0) is 61.5 Å². The third-order valence-corrected chi connectivity index (χ3v) is 6.24. The maximum Gasteiger partial charge on any atom is 0.326 e. The molecule has 0 aliphatic carbocycles. The third-order valence-electron chi connectivity index (χ3n) is 4.96. The Kier molecular flexibility index (Phi) is 13.5. The molecule has 34 heavy (non-hydrogen) atoms. The Morgan fingerprint density at radius 2 is 1.44 bits per heavy atom. The lowest BCUT2D eigenvalue weighted by Crippen LogP contribution is -2.57. The number of carbonyl (C=O) groups is 4. The Morgan fingerprint density at radius 3 is 2.00 bits per heavy atom. The number of aliphatic carboxylic acids is 1. The summed E-state index contributed by atoms with van der Waals surface area (Å²) in [6.07, 6.45) is 4.47. The molecule has 0 aliphatic heterocycles. The Labute approximate surface area is 208 Å². The molecular formula is C22H34N4O6S2. The molecule has 3 amide bonds. The minimum Gasteiger partial charge on any atom is -0.508 e. The molecule has 0 aliphatic rings. The molecule has 0 saturated heterocycles. The molecule has 0 radical (unpaired) electrons. The number of hydrogen-bond donors (Lipinski definition) is 6. The average Bonchev–Trinajstić information content (AvgIpc) is 2.80. The number of aromatic hydroxyl groups is 1. The monoisotopic (exact) mass is 514 g/mol. The number of rotatable bonds is 15. The number of hydrogen-bond acceptors (Lipinski definition) is 8. The lowest BCUT2D eigenvalue weighted by atomic mass is 10.0. The van der Waals surface area contributed by atoms with Crippen molar-refractivity contribution in [3.8, 4) is 5.75 Å². The molecule has 0 bridgehead atoms. The van der Waals surface area contributed by atoms with Crippen molar-refractivity contribution in [2.24, 2.45) is 5.73 Å². The molecule has 1 aromatic rings. The van der Waals surface area contributed by atoms with Crippen LogP contribution >= 0.6 is 23.5 Å². The number of carboxylic acids is 1. The topological polar surface area (TPSA) is 171 Å². The summed E-state index contributed by atoms with van der Waals surface area (Å²) in [6, 6.07) is 2.16. The van der Waals surface area contributed by atoms with Crippen LogP contribution in [0.4, 0.5) is 0 Å². The fraction of sp³-hybridized carbons (Fsp3) is 0.545. The maximum absolute atomic E-state index is 12.9. The number of amides is 3. The van der Waals surface area contributed by atoms with Crippen LogP contribution in [-0.2, 0) is 25.6 Å². The van der Waals surface area contributed by atoms with Crippen LogP contribution in [0.1, 0.15) is 25.3 Å². The number of phenols is 1. The summed E-state index contributed by atoms with van der Waals surface area (Å²) in [5.41, 5.74) is 6.48. The number of nitrogens with two attached hydrogens (primary N) is 1. The largest absolute Gasteiger partial charge is 0.508 e. The molecule has 0 heterocycles. The molecule has 190 valence electrons. The lowest BCUT2D eigenvalue weighted by Gasteiger charge is -2.24. The molecule has 0 aromatic heterocycles. The van der Waals surface area contributed by atoms with Crippen LogP contribution in [0.25, 0.3) is 0 Å². The Bertz CT molecular complexity index is 824. The van der Waals surface area contributed by atoms with Gasteiger partial charge < -0.3 is 31.9 Å². The highest BCUT2D eigenvalue weighted by Crippen LogP contribution is 2.12. The summed E-state index contributed by atoms with van der Waals surface area (Å²) < 4.78 is 0. The van der Waals surface area contributed by atoms with Crippen molar-refractivity contribution >= 4 is 47.2 Å². The third kappa shape index (κ3) is 10.7. The second-order valence-corrected chi connectivity index (χ2v) is 9.70. The van der Waals surface area contributed by atoms with E-state index in [-0.39, 0.29) is 18.6 Å². The number of thioether (sulfide) groups is 2. The van der Waals surface area contributed by atoms with Gasteiger partial charge in [0.1, 0.15) is 23.9 Å². The van der Waals surface area contributed by atoms with Gasteiger partial charge in [-0.15, -0.1) is 0 Å². The van der Waals surface area contributed by atoms with Gasteiger partial charge >= 0.3 is 5.97 Å². The van der Waals surface area contributed by atoms with Crippen LogP contribution in [0, 0.1) is 0 Å². The minimum absolute atomic E-state index is 0.0472. The van der Waals surface area contributed by atoms with Gasteiger partial charge in [0.25, 0.3) is 0 Å². The normalized spacial score (nSPS) is 14.4. The quantitative estimate of drug-likeness (QED) is 0.193. The molecule has 12 heteroatoms. The number of carbonyl (C=O) groups excluding carboxylic acids is 3. The molecule has 10 nitrogen and oxygen atoms in total. The molecule has 7 N–H and O–H groups in total. The van der Waals surface area contributed by atoms with Crippen LogP contribution in [0.3, 0.4) is 0 Å². The zero-order valence-electron chi connectivity index (χ0n) is 19.6. The molecule has 4 atom stereocenters. The first kappa shape index (κ1) is 29.6. The number of carboxylic acid groups (broad SMARTS) is 1. The van der Waals surface area contributed by atoms with Crippen molar-refractivity contribution in [2.75, 3.05) is 24.0 Å². The molecule has 1 aromatic carbocycles. The first-order chi connectivity index (χ1) is 16.1. The van der Waals surface area contributed by atoms with Gasteiger partial charge in [0.2, 0.25) is 17.7 Å². The van der Waals surface area contributed by atoms with E-state index in [4.69, 9.17) is 5.73 Å². The van der Waals surface area contributed by atoms with E-state index in [1.807, 2.05) is 12.5 Å². The Morgan fingerprint density at radius 1 is 0.882 bits per heavy atom. The van der Waals surface area contributed by atoms with Crippen molar-refractivity contribution in [3.63, 3.8) is 0 Å². The average molecular weight is 515 g/mol. The highest BCUT2D eigenvalue weighted by molar-refractivity contribution is 7.98. The highest BCUT2D eigenvalue weighted by atomic mass is 32.2. The lowest BCUT2D eigenvalue weighted by molar-refractivity contribution is -0.142. The predicted molar refractivity (Wildman–Crippen MR) is 135 cm³/mol. The molecule has 0 fully saturated rings. The molecule has 4 unspecified atom stereocenters. The van der Waals surface area contributed by atoms with Crippen LogP contribution in [0.5, 0.6) is 5.75 Å². The predicted octanol–water partition coefficient (Wildman–Crippen LogP) is 0.327. The van der Waals surface area contributed by atoms with Crippen molar-refractivity contribution in [1.82, 2.24) is 16.0 Å². The summed E-state index contributed by atoms with van der Waals surface area (Å²) in [6.45, 7) is 1.47. The summed E-state index contributed by atoms with van der Waals surface area (Å²) in [5.74, 6) is -1.63. The summed E-state index contributed by atoms with van der Waals surface area (Å²) >= 11 is 3.01. The van der Waals surface area contributed by atoms with E-state index >= 15 is 0 Å². The summed E-state index contributed by atoms with van der Waals surface area (Å²) in [4.78, 5) is 49.5. The van der Waals surface area contributed by atoms with Gasteiger partial charge in [0, 0.05) is 6.42 Å². The summed E-state index contributed by atoms with van der Waals surface area (Å²) in [5, 5.41) is 26.6. The summed E-state index contributed by atoms with van der Waals surface area (Å²) in [7, 11) is 0. The Hall–Kier alpha value is -2.44. The number of phenolic OH excluding ortho intramolecular Hbond substituents is 1. The van der Waals surface area contributed by atoms with E-state index in [2.05, 4.69) is 16.0 Å². The fourth-order valence-corrected chi connectivity index (χ4v) is 3.86. The first-order valence-electron chi connectivity index (χ1n) is 10.7. The van der Waals surface area contributed by atoms with Crippen LogP contribution < -0.4 is 21.7 Å². The van der Waals surface area contributed by atoms with Crippen LogP contribution in [0.2, 0.25) is 0 Å². The minimum atomic E-state index is -1.17. The van der Waals surface area contributed by atoms with Crippen LogP contribution in [-0.4, -0.2) is 82.1 Å². The standard InChI is InChI=1S/C22H34N4O6S2/c1-13(24-20(29)16(23)8-10-33-2)19(28)26-18(12-14-4-6-15(27)7-5-14)21(30)25-17(22(31)32)9-11-34-3/h4-7,13,16-18,27H,8-12,23H2,1-3H3,(H,24,29)(H,25,30)(H,26,28)(H,31,32). The van der Waals surface area contributed by atoms with Crippen molar-refractivity contribution in [1.29, 1.82) is 0 Å². The SMILES string of the molecule is CSCCC(N)C(=O)NC(C)C(=O)NC(Cc1ccc(O)cc1)C(=O)NC(CCSC)C(=O)O. The van der Waals surface area contributed by atoms with Gasteiger partial charge in [-0.25, -0.2) is 4.79 Å². The smallest absolute Gasteiger partial charge is 0.326 e. The highest BCUT2D eigenvalue weighted by Gasteiger charge is 2.29. The second kappa shape index (κ2) is 15.5. The van der Waals surface area contributed by atoms with E-state index in [1.165, 1.54) is 30.8 Å². The van der Waals surface area contributed by atoms with Gasteiger partial charge in [0.05, 0.1) is 6.04 Å². The molecule has 0 spiro atoms. The van der Waals surface area contributed by atoms with E-state index < -0.39 is 47.9 Å². The first-order valence-corrected chi connectivity index (χ1v) is 13.5. The van der Waals surface area contributed by atoms with E-state index in [9.17, 15) is 29.4 Å². The van der Waals surface area contributed by atoms with Crippen molar-refractivity contribution in [3.05, 3.63) is 29.8 Å². The molecule has 0 saturated carbocycles. The molecule has 1 rings (SSSR count). The Balaban J connectivity index is 2.93. The van der Waals surface area contributed by atoms with E-state index in [0.29, 0.717) is 23.5 Å². The van der Waals surface area contributed by atoms with Crippen LogP contribution in [0.15, 0.2) is 24.3 Å². The zero-order valence-corrected chi connectivity index (χ0v) is 21.2. The number of nitrogens with one attached hydrogen (secondary N) is 3. The van der Waals surface area contributed by atoms with Gasteiger partial charge in [-0.3, -0.25) is 14.4 Å². The fourth-order valence-electron chi connectivity index (χ4n) is 2.90. The second-order valence-electron chi connectivity index (χ2n) is 7.73. The van der Waals surface area contributed by atoms with Gasteiger partial charge in [0.15, 0.2) is 0 Å². The van der Waals surface area contributed by atoms with Crippen molar-refractivity contribution < 1.29 is 29.4 Å². The van der Waals surface area contributed by atoms with Crippen molar-refractivity contribution in [2.45, 2.75) is 50.4 Å². The molecular weight excluding hydrogens is 480 g/mol. The van der Waals surface area contributed by atoms with Gasteiger partial charge in [-0.2, -0.15) is 23.5 Å².